The van der Waals surface area contributed by atoms with E-state index in [4.69, 9.17) is 14.2 Å². The van der Waals surface area contributed by atoms with Crippen molar-refractivity contribution in [1.82, 2.24) is 10.6 Å². The summed E-state index contributed by atoms with van der Waals surface area (Å²) in [4.78, 5) is 24.9. The molecule has 2 N–H and O–H groups in total. The standard InChI is InChI=1S/C19H25BrN2O5/c1-5-8-13-16(18(23)27-7-3)17(22-19(24)21-13)11-9-14(25-4)15(26-6-2)10-12(11)20/h9-10,17H,5-8H2,1-4H3,(H2,21,22,24)/t17-/m1/s1. The predicted molar refractivity (Wildman–Crippen MR) is 105 cm³/mol. The summed E-state index contributed by atoms with van der Waals surface area (Å²) in [5.74, 6) is 0.632. The van der Waals surface area contributed by atoms with Gasteiger partial charge in [0.25, 0.3) is 0 Å². The van der Waals surface area contributed by atoms with Crippen molar-refractivity contribution in [1.29, 1.82) is 0 Å². The second-order valence-corrected chi connectivity index (χ2v) is 6.71. The van der Waals surface area contributed by atoms with E-state index in [9.17, 15) is 9.59 Å². The summed E-state index contributed by atoms with van der Waals surface area (Å²) in [6, 6.07) is 2.50. The van der Waals surface area contributed by atoms with E-state index in [1.54, 1.807) is 26.2 Å². The highest BCUT2D eigenvalue weighted by atomic mass is 79.9. The zero-order valence-corrected chi connectivity index (χ0v) is 17.6. The molecule has 1 aromatic rings. The van der Waals surface area contributed by atoms with E-state index in [-0.39, 0.29) is 12.6 Å². The van der Waals surface area contributed by atoms with Crippen molar-refractivity contribution >= 4 is 27.9 Å². The van der Waals surface area contributed by atoms with Crippen LogP contribution in [0.3, 0.4) is 0 Å². The van der Waals surface area contributed by atoms with Crippen LogP contribution in [0.15, 0.2) is 27.9 Å². The van der Waals surface area contributed by atoms with E-state index in [1.165, 1.54) is 0 Å². The van der Waals surface area contributed by atoms with Gasteiger partial charge in [0.1, 0.15) is 0 Å². The SMILES string of the molecule is CCCC1=C(C(=O)OCC)[C@@H](c2cc(OC)c(OCC)cc2Br)NC(=O)N1. The molecule has 1 aliphatic rings. The molecule has 0 saturated heterocycles. The van der Waals surface area contributed by atoms with E-state index in [1.807, 2.05) is 13.8 Å². The molecule has 8 heteroatoms. The highest BCUT2D eigenvalue weighted by molar-refractivity contribution is 9.10. The summed E-state index contributed by atoms with van der Waals surface area (Å²) < 4.78 is 16.9. The Kier molecular flexibility index (Phi) is 7.53. The van der Waals surface area contributed by atoms with Crippen molar-refractivity contribution in [3.05, 3.63) is 33.4 Å². The fourth-order valence-electron chi connectivity index (χ4n) is 2.95. The van der Waals surface area contributed by atoms with Crippen LogP contribution in [-0.2, 0) is 9.53 Å². The molecule has 0 saturated carbocycles. The molecule has 0 unspecified atom stereocenters. The number of methoxy groups -OCH3 is 1. The number of hydrogen-bond acceptors (Lipinski definition) is 5. The van der Waals surface area contributed by atoms with E-state index < -0.39 is 12.0 Å². The molecule has 0 bridgehead atoms. The fourth-order valence-corrected chi connectivity index (χ4v) is 3.50. The van der Waals surface area contributed by atoms with Gasteiger partial charge in [0.15, 0.2) is 11.5 Å². The van der Waals surface area contributed by atoms with Crippen LogP contribution in [0.2, 0.25) is 0 Å². The van der Waals surface area contributed by atoms with E-state index in [2.05, 4.69) is 26.6 Å². The number of urea groups is 1. The molecule has 0 aliphatic carbocycles. The number of ether oxygens (including phenoxy) is 3. The van der Waals surface area contributed by atoms with Crippen LogP contribution in [-0.4, -0.2) is 32.3 Å². The first kappa shape index (κ1) is 21.1. The number of hydrogen-bond donors (Lipinski definition) is 2. The molecule has 148 valence electrons. The minimum atomic E-state index is -0.668. The zero-order chi connectivity index (χ0) is 20.0. The van der Waals surface area contributed by atoms with Crippen LogP contribution in [0.5, 0.6) is 11.5 Å². The van der Waals surface area contributed by atoms with Gasteiger partial charge in [-0.05, 0) is 38.0 Å². The van der Waals surface area contributed by atoms with E-state index in [0.29, 0.717) is 45.8 Å². The average molecular weight is 441 g/mol. The number of benzene rings is 1. The summed E-state index contributed by atoms with van der Waals surface area (Å²) in [7, 11) is 1.54. The lowest BCUT2D eigenvalue weighted by Gasteiger charge is -2.30. The molecular weight excluding hydrogens is 416 g/mol. The highest BCUT2D eigenvalue weighted by Gasteiger charge is 2.35. The van der Waals surface area contributed by atoms with Gasteiger partial charge in [0.05, 0.1) is 31.9 Å². The van der Waals surface area contributed by atoms with Gasteiger partial charge in [-0.3, -0.25) is 0 Å². The van der Waals surface area contributed by atoms with E-state index in [0.717, 1.165) is 6.42 Å². The van der Waals surface area contributed by atoms with Gasteiger partial charge in [-0.25, -0.2) is 9.59 Å². The first-order chi connectivity index (χ1) is 13.0. The van der Waals surface area contributed by atoms with Crippen molar-refractivity contribution in [2.24, 2.45) is 0 Å². The summed E-state index contributed by atoms with van der Waals surface area (Å²) in [6.45, 7) is 6.34. The average Bonchev–Trinajstić information content (AvgIpc) is 2.62. The molecule has 7 nitrogen and oxygen atoms in total. The van der Waals surface area contributed by atoms with Crippen LogP contribution in [0.4, 0.5) is 4.79 Å². The number of allylic oxidation sites excluding steroid dienone is 1. The quantitative estimate of drug-likeness (QED) is 0.599. The first-order valence-electron chi connectivity index (χ1n) is 8.94. The number of amides is 2. The first-order valence-corrected chi connectivity index (χ1v) is 9.73. The fraction of sp³-hybridized carbons (Fsp3) is 0.474. The maximum atomic E-state index is 12.7. The van der Waals surface area contributed by atoms with Gasteiger partial charge >= 0.3 is 12.0 Å². The highest BCUT2D eigenvalue weighted by Crippen LogP contribution is 2.40. The number of halogens is 1. The summed E-state index contributed by atoms with van der Waals surface area (Å²) in [5.41, 5.74) is 1.65. The monoisotopic (exact) mass is 440 g/mol. The predicted octanol–water partition coefficient (Wildman–Crippen LogP) is 3.83. The van der Waals surface area contributed by atoms with Crippen LogP contribution >= 0.6 is 15.9 Å². The molecule has 0 radical (unpaired) electrons. The Balaban J connectivity index is 2.60. The maximum Gasteiger partial charge on any atom is 0.338 e. The second kappa shape index (κ2) is 9.64. The molecule has 27 heavy (non-hydrogen) atoms. The van der Waals surface area contributed by atoms with Crippen molar-refractivity contribution in [2.45, 2.75) is 39.7 Å². The van der Waals surface area contributed by atoms with Crippen LogP contribution in [0, 0.1) is 0 Å². The van der Waals surface area contributed by atoms with Gasteiger partial charge in [-0.2, -0.15) is 0 Å². The molecular formula is C19H25BrN2O5. The van der Waals surface area contributed by atoms with Crippen LogP contribution < -0.4 is 20.1 Å². The third kappa shape index (κ3) is 4.74. The molecule has 1 aromatic carbocycles. The Labute approximate surface area is 167 Å². The van der Waals surface area contributed by atoms with Gasteiger partial charge in [0, 0.05) is 10.2 Å². The lowest BCUT2D eigenvalue weighted by Crippen LogP contribution is -2.46. The van der Waals surface area contributed by atoms with Gasteiger partial charge < -0.3 is 24.8 Å². The lowest BCUT2D eigenvalue weighted by atomic mass is 9.93. The van der Waals surface area contributed by atoms with Gasteiger partial charge in [-0.15, -0.1) is 0 Å². The summed E-state index contributed by atoms with van der Waals surface area (Å²) in [6.07, 6.45) is 1.34. The largest absolute Gasteiger partial charge is 0.493 e. The molecule has 1 atom stereocenters. The minimum absolute atomic E-state index is 0.246. The number of esters is 1. The molecule has 2 amide bonds. The third-order valence-corrected chi connectivity index (χ3v) is 4.73. The number of rotatable bonds is 8. The summed E-state index contributed by atoms with van der Waals surface area (Å²) >= 11 is 3.53. The van der Waals surface area contributed by atoms with Gasteiger partial charge in [0.2, 0.25) is 0 Å². The Morgan fingerprint density at radius 1 is 1.19 bits per heavy atom. The minimum Gasteiger partial charge on any atom is -0.493 e. The lowest BCUT2D eigenvalue weighted by molar-refractivity contribution is -0.139. The second-order valence-electron chi connectivity index (χ2n) is 5.85. The normalized spacial score (nSPS) is 16.5. The van der Waals surface area contributed by atoms with Crippen molar-refractivity contribution in [3.8, 4) is 11.5 Å². The zero-order valence-electron chi connectivity index (χ0n) is 16.0. The molecule has 2 rings (SSSR count). The third-order valence-electron chi connectivity index (χ3n) is 4.04. The molecule has 0 aromatic heterocycles. The maximum absolute atomic E-state index is 12.7. The molecule has 0 fully saturated rings. The molecule has 0 spiro atoms. The van der Waals surface area contributed by atoms with Crippen LogP contribution in [0.1, 0.15) is 45.2 Å². The number of nitrogens with one attached hydrogen (secondary N) is 2. The van der Waals surface area contributed by atoms with Crippen LogP contribution in [0.25, 0.3) is 0 Å². The Bertz CT molecular complexity index is 748. The Morgan fingerprint density at radius 2 is 1.93 bits per heavy atom. The Morgan fingerprint density at radius 3 is 2.52 bits per heavy atom. The Hall–Kier alpha value is -2.22. The smallest absolute Gasteiger partial charge is 0.338 e. The van der Waals surface area contributed by atoms with Crippen molar-refractivity contribution in [3.63, 3.8) is 0 Å². The van der Waals surface area contributed by atoms with Gasteiger partial charge in [-0.1, -0.05) is 29.3 Å². The molecule has 1 aliphatic heterocycles. The van der Waals surface area contributed by atoms with Crippen molar-refractivity contribution in [2.75, 3.05) is 20.3 Å². The van der Waals surface area contributed by atoms with Crippen molar-refractivity contribution < 1.29 is 23.8 Å². The number of carbonyl (C=O) groups excluding carboxylic acids is 2. The molecule has 1 heterocycles. The topological polar surface area (TPSA) is 85.9 Å². The summed E-state index contributed by atoms with van der Waals surface area (Å²) in [5, 5.41) is 5.56. The number of carbonyl (C=O) groups is 2. The van der Waals surface area contributed by atoms with E-state index >= 15 is 0 Å².